The van der Waals surface area contributed by atoms with Crippen LogP contribution in [0.5, 0.6) is 0 Å². The summed E-state index contributed by atoms with van der Waals surface area (Å²) in [5, 5.41) is 3.01. The van der Waals surface area contributed by atoms with Gasteiger partial charge in [0.05, 0.1) is 6.04 Å². The Kier molecular flexibility index (Phi) is 1.66. The Labute approximate surface area is 70.6 Å². The average molecular weight is 162 g/mol. The van der Waals surface area contributed by atoms with Crippen molar-refractivity contribution in [2.24, 2.45) is 10.9 Å². The Morgan fingerprint density at radius 2 is 2.17 bits per heavy atom. The van der Waals surface area contributed by atoms with Gasteiger partial charge in [-0.15, -0.1) is 0 Å². The lowest BCUT2D eigenvalue weighted by Gasteiger charge is -2.06. The lowest BCUT2D eigenvalue weighted by Crippen LogP contribution is -2.19. The third-order valence-corrected chi connectivity index (χ3v) is 2.39. The molecule has 1 aromatic carbocycles. The molecular weight excluding hydrogens is 152 g/mol. The lowest BCUT2D eigenvalue weighted by atomic mass is 10.1. The van der Waals surface area contributed by atoms with E-state index in [-0.39, 0.29) is 12.1 Å². The standard InChI is InChI=1S/C9H10N2O/c10-9-7-4-2-1-3-6(7)5-8(9)11-12/h1-4,8-9H,5,10H2. The first-order valence-corrected chi connectivity index (χ1v) is 3.99. The van der Waals surface area contributed by atoms with Crippen LogP contribution < -0.4 is 5.73 Å². The highest BCUT2D eigenvalue weighted by Gasteiger charge is 2.29. The normalized spacial score (nSPS) is 26.8. The maximum Gasteiger partial charge on any atom is 0.115 e. The maximum atomic E-state index is 10.4. The maximum absolute atomic E-state index is 10.4. The van der Waals surface area contributed by atoms with E-state index < -0.39 is 0 Å². The SMILES string of the molecule is NC1c2ccccc2CC1N=O. The lowest BCUT2D eigenvalue weighted by molar-refractivity contribution is 0.591. The minimum atomic E-state index is -0.262. The fourth-order valence-electron chi connectivity index (χ4n) is 1.71. The van der Waals surface area contributed by atoms with Crippen molar-refractivity contribution in [3.05, 3.63) is 40.3 Å². The summed E-state index contributed by atoms with van der Waals surface area (Å²) in [6.07, 6.45) is 0.695. The number of nitrogens with zero attached hydrogens (tertiary/aromatic N) is 1. The van der Waals surface area contributed by atoms with Crippen molar-refractivity contribution in [2.75, 3.05) is 0 Å². The third kappa shape index (κ3) is 0.940. The van der Waals surface area contributed by atoms with E-state index in [9.17, 15) is 4.91 Å². The van der Waals surface area contributed by atoms with Crippen molar-refractivity contribution in [2.45, 2.75) is 18.5 Å². The first-order chi connectivity index (χ1) is 5.83. The Hall–Kier alpha value is -1.22. The van der Waals surface area contributed by atoms with Crippen LogP contribution in [0.15, 0.2) is 29.4 Å². The van der Waals surface area contributed by atoms with E-state index in [1.807, 2.05) is 24.3 Å². The largest absolute Gasteiger partial charge is 0.322 e. The molecule has 0 fully saturated rings. The first-order valence-electron chi connectivity index (χ1n) is 3.99. The second-order valence-corrected chi connectivity index (χ2v) is 3.10. The van der Waals surface area contributed by atoms with Crippen molar-refractivity contribution in [3.8, 4) is 0 Å². The van der Waals surface area contributed by atoms with E-state index >= 15 is 0 Å². The molecule has 1 aromatic rings. The Morgan fingerprint density at radius 1 is 1.42 bits per heavy atom. The fourth-order valence-corrected chi connectivity index (χ4v) is 1.71. The zero-order valence-corrected chi connectivity index (χ0v) is 6.60. The molecule has 12 heavy (non-hydrogen) atoms. The molecule has 2 atom stereocenters. The van der Waals surface area contributed by atoms with Crippen LogP contribution in [0.25, 0.3) is 0 Å². The van der Waals surface area contributed by atoms with E-state index in [1.54, 1.807) is 0 Å². The quantitative estimate of drug-likeness (QED) is 0.634. The molecule has 0 saturated carbocycles. The zero-order chi connectivity index (χ0) is 8.55. The van der Waals surface area contributed by atoms with Crippen LogP contribution in [-0.4, -0.2) is 6.04 Å². The van der Waals surface area contributed by atoms with E-state index in [0.29, 0.717) is 6.42 Å². The van der Waals surface area contributed by atoms with Gasteiger partial charge in [0.1, 0.15) is 6.04 Å². The molecule has 0 heterocycles. The Morgan fingerprint density at radius 3 is 2.83 bits per heavy atom. The Bertz CT molecular complexity index is 311. The van der Waals surface area contributed by atoms with Gasteiger partial charge in [0.2, 0.25) is 0 Å². The molecule has 0 spiro atoms. The van der Waals surface area contributed by atoms with Gasteiger partial charge in [-0.3, -0.25) is 0 Å². The van der Waals surface area contributed by atoms with E-state index in [4.69, 9.17) is 5.73 Å². The highest BCUT2D eigenvalue weighted by Crippen LogP contribution is 2.30. The molecule has 0 aromatic heterocycles. The predicted molar refractivity (Wildman–Crippen MR) is 46.7 cm³/mol. The summed E-state index contributed by atoms with van der Waals surface area (Å²) >= 11 is 0. The molecule has 62 valence electrons. The third-order valence-electron chi connectivity index (χ3n) is 2.39. The molecule has 3 nitrogen and oxygen atoms in total. The highest BCUT2D eigenvalue weighted by molar-refractivity contribution is 5.36. The van der Waals surface area contributed by atoms with Crippen LogP contribution in [0, 0.1) is 4.91 Å². The number of fused-ring (bicyclic) bond motifs is 1. The number of benzene rings is 1. The average Bonchev–Trinajstić information content (AvgIpc) is 2.44. The summed E-state index contributed by atoms with van der Waals surface area (Å²) in [4.78, 5) is 10.4. The number of nitroso groups, excluding NO2 is 1. The van der Waals surface area contributed by atoms with Crippen LogP contribution in [0.3, 0.4) is 0 Å². The van der Waals surface area contributed by atoms with Crippen LogP contribution in [0.1, 0.15) is 17.2 Å². The number of rotatable bonds is 1. The molecule has 1 aliphatic carbocycles. The summed E-state index contributed by atoms with van der Waals surface area (Å²) < 4.78 is 0. The second kappa shape index (κ2) is 2.68. The molecule has 0 saturated heterocycles. The van der Waals surface area contributed by atoms with E-state index in [2.05, 4.69) is 5.18 Å². The van der Waals surface area contributed by atoms with Crippen molar-refractivity contribution >= 4 is 0 Å². The van der Waals surface area contributed by atoms with E-state index in [1.165, 1.54) is 0 Å². The number of hydrogen-bond acceptors (Lipinski definition) is 3. The molecule has 2 N–H and O–H groups in total. The van der Waals surface area contributed by atoms with Gasteiger partial charge >= 0.3 is 0 Å². The minimum absolute atomic E-state index is 0.196. The summed E-state index contributed by atoms with van der Waals surface area (Å²) in [6, 6.07) is 7.40. The van der Waals surface area contributed by atoms with Gasteiger partial charge < -0.3 is 5.73 Å². The molecule has 0 radical (unpaired) electrons. The van der Waals surface area contributed by atoms with Crippen molar-refractivity contribution < 1.29 is 0 Å². The molecule has 2 unspecified atom stereocenters. The number of hydrogen-bond donors (Lipinski definition) is 1. The Balaban J connectivity index is 2.41. The second-order valence-electron chi connectivity index (χ2n) is 3.10. The molecule has 0 amide bonds. The van der Waals surface area contributed by atoms with Gasteiger partial charge in [0, 0.05) is 6.42 Å². The highest BCUT2D eigenvalue weighted by atomic mass is 16.3. The summed E-state index contributed by atoms with van der Waals surface area (Å²) in [5.74, 6) is 0. The molecule has 1 aliphatic rings. The topological polar surface area (TPSA) is 55.4 Å². The van der Waals surface area contributed by atoms with Gasteiger partial charge in [0.15, 0.2) is 0 Å². The fraction of sp³-hybridized carbons (Fsp3) is 0.333. The molecule has 0 aliphatic heterocycles. The summed E-state index contributed by atoms with van der Waals surface area (Å²) in [5.41, 5.74) is 8.04. The van der Waals surface area contributed by atoms with Crippen molar-refractivity contribution in [1.29, 1.82) is 0 Å². The van der Waals surface area contributed by atoms with Crippen LogP contribution in [0.2, 0.25) is 0 Å². The monoisotopic (exact) mass is 162 g/mol. The summed E-state index contributed by atoms with van der Waals surface area (Å²) in [7, 11) is 0. The zero-order valence-electron chi connectivity index (χ0n) is 6.60. The number of nitrogens with two attached hydrogens (primary N) is 1. The first kappa shape index (κ1) is 7.43. The van der Waals surface area contributed by atoms with Gasteiger partial charge in [0.25, 0.3) is 0 Å². The van der Waals surface area contributed by atoms with Crippen LogP contribution in [0.4, 0.5) is 0 Å². The van der Waals surface area contributed by atoms with Crippen LogP contribution in [-0.2, 0) is 6.42 Å². The van der Waals surface area contributed by atoms with Gasteiger partial charge in [-0.05, 0) is 11.1 Å². The van der Waals surface area contributed by atoms with Gasteiger partial charge in [-0.2, -0.15) is 4.91 Å². The summed E-state index contributed by atoms with van der Waals surface area (Å²) in [6.45, 7) is 0. The van der Waals surface area contributed by atoms with Gasteiger partial charge in [-0.1, -0.05) is 29.4 Å². The minimum Gasteiger partial charge on any atom is -0.322 e. The predicted octanol–water partition coefficient (Wildman–Crippen LogP) is 1.38. The van der Waals surface area contributed by atoms with Crippen LogP contribution >= 0.6 is 0 Å². The molecular formula is C9H10N2O. The molecule has 2 rings (SSSR count). The van der Waals surface area contributed by atoms with Gasteiger partial charge in [-0.25, -0.2) is 0 Å². The van der Waals surface area contributed by atoms with Crippen molar-refractivity contribution in [1.82, 2.24) is 0 Å². The molecule has 0 bridgehead atoms. The van der Waals surface area contributed by atoms with Crippen molar-refractivity contribution in [3.63, 3.8) is 0 Å². The smallest absolute Gasteiger partial charge is 0.115 e. The molecule has 3 heteroatoms. The van der Waals surface area contributed by atoms with E-state index in [0.717, 1.165) is 11.1 Å².